The molecule has 0 saturated heterocycles. The van der Waals surface area contributed by atoms with E-state index >= 15 is 0 Å². The number of fused-ring (bicyclic) bond motifs is 1. The first-order valence-corrected chi connectivity index (χ1v) is 5.57. The largest absolute Gasteiger partial charge is 0.461 e. The Labute approximate surface area is 103 Å². The molecule has 0 saturated carbocycles. The van der Waals surface area contributed by atoms with Gasteiger partial charge >= 0.3 is 0 Å². The van der Waals surface area contributed by atoms with Crippen molar-refractivity contribution < 1.29 is 9.21 Å². The molecular weight excluding hydrogens is 228 g/mol. The van der Waals surface area contributed by atoms with E-state index in [9.17, 15) is 4.79 Å². The molecule has 0 amide bonds. The molecule has 1 aromatic carbocycles. The van der Waals surface area contributed by atoms with Crippen molar-refractivity contribution >= 4 is 16.7 Å². The highest BCUT2D eigenvalue weighted by Gasteiger charge is 2.17. The van der Waals surface area contributed by atoms with E-state index in [2.05, 4.69) is 9.97 Å². The molecule has 0 atom stereocenters. The fourth-order valence-corrected chi connectivity index (χ4v) is 1.89. The SMILES string of the molecule is Cc1nc(C(=O)c2ccco2)c2ccccc2n1. The smallest absolute Gasteiger partial charge is 0.247 e. The summed E-state index contributed by atoms with van der Waals surface area (Å²) in [6.45, 7) is 1.77. The zero-order valence-corrected chi connectivity index (χ0v) is 9.75. The van der Waals surface area contributed by atoms with Gasteiger partial charge in [-0.15, -0.1) is 0 Å². The normalized spacial score (nSPS) is 10.7. The van der Waals surface area contributed by atoms with Crippen LogP contribution in [0.2, 0.25) is 0 Å². The molecule has 0 aliphatic heterocycles. The van der Waals surface area contributed by atoms with Crippen LogP contribution in [-0.4, -0.2) is 15.8 Å². The van der Waals surface area contributed by atoms with Gasteiger partial charge in [0.2, 0.25) is 5.78 Å². The molecule has 88 valence electrons. The molecule has 0 spiro atoms. The molecule has 0 fully saturated rings. The Hall–Kier alpha value is -2.49. The predicted octanol–water partition coefficient (Wildman–Crippen LogP) is 2.76. The van der Waals surface area contributed by atoms with Crippen LogP contribution in [0.3, 0.4) is 0 Å². The summed E-state index contributed by atoms with van der Waals surface area (Å²) in [5.74, 6) is 0.642. The van der Waals surface area contributed by atoms with E-state index in [1.54, 1.807) is 19.1 Å². The maximum atomic E-state index is 12.3. The molecule has 3 aromatic rings. The Balaban J connectivity index is 2.25. The summed E-state index contributed by atoms with van der Waals surface area (Å²) in [5, 5.41) is 0.740. The molecule has 4 nitrogen and oxygen atoms in total. The average Bonchev–Trinajstić information content (AvgIpc) is 2.90. The highest BCUT2D eigenvalue weighted by atomic mass is 16.3. The maximum Gasteiger partial charge on any atom is 0.247 e. The van der Waals surface area contributed by atoms with E-state index in [-0.39, 0.29) is 5.78 Å². The van der Waals surface area contributed by atoms with Crippen molar-refractivity contribution in [3.05, 3.63) is 59.9 Å². The van der Waals surface area contributed by atoms with E-state index in [4.69, 9.17) is 4.42 Å². The lowest BCUT2D eigenvalue weighted by Gasteiger charge is -2.04. The van der Waals surface area contributed by atoms with E-state index < -0.39 is 0 Å². The molecule has 3 rings (SSSR count). The van der Waals surface area contributed by atoms with Gasteiger partial charge in [0.05, 0.1) is 11.8 Å². The number of aromatic nitrogens is 2. The van der Waals surface area contributed by atoms with E-state index in [0.29, 0.717) is 17.3 Å². The summed E-state index contributed by atoms with van der Waals surface area (Å²) in [4.78, 5) is 20.8. The van der Waals surface area contributed by atoms with Gasteiger partial charge < -0.3 is 4.42 Å². The van der Waals surface area contributed by atoms with Gasteiger partial charge in [-0.1, -0.05) is 18.2 Å². The first-order valence-electron chi connectivity index (χ1n) is 5.57. The van der Waals surface area contributed by atoms with Gasteiger partial charge in [0.15, 0.2) is 5.76 Å². The van der Waals surface area contributed by atoms with Crippen molar-refractivity contribution in [3.8, 4) is 0 Å². The van der Waals surface area contributed by atoms with Crippen LogP contribution < -0.4 is 0 Å². The molecule has 2 heterocycles. The second kappa shape index (κ2) is 4.07. The van der Waals surface area contributed by atoms with Gasteiger partial charge in [0.25, 0.3) is 0 Å². The number of ketones is 1. The lowest BCUT2D eigenvalue weighted by molar-refractivity contribution is 0.101. The van der Waals surface area contributed by atoms with Gasteiger partial charge in [0.1, 0.15) is 11.5 Å². The summed E-state index contributed by atoms with van der Waals surface area (Å²) >= 11 is 0. The van der Waals surface area contributed by atoms with Crippen LogP contribution >= 0.6 is 0 Å². The number of benzene rings is 1. The molecule has 0 N–H and O–H groups in total. The molecule has 2 aromatic heterocycles. The lowest BCUT2D eigenvalue weighted by atomic mass is 10.1. The fraction of sp³-hybridized carbons (Fsp3) is 0.0714. The quantitative estimate of drug-likeness (QED) is 0.644. The van der Waals surface area contributed by atoms with Crippen molar-refractivity contribution in [2.75, 3.05) is 0 Å². The Morgan fingerprint density at radius 1 is 1.11 bits per heavy atom. The number of carbonyl (C=O) groups is 1. The Morgan fingerprint density at radius 2 is 1.94 bits per heavy atom. The highest BCUT2D eigenvalue weighted by molar-refractivity contribution is 6.13. The number of rotatable bonds is 2. The molecule has 0 bridgehead atoms. The zero-order chi connectivity index (χ0) is 12.5. The van der Waals surface area contributed by atoms with Crippen molar-refractivity contribution in [2.45, 2.75) is 6.92 Å². The van der Waals surface area contributed by atoms with Crippen LogP contribution in [0.4, 0.5) is 0 Å². The first kappa shape index (κ1) is 10.7. The van der Waals surface area contributed by atoms with Gasteiger partial charge in [0, 0.05) is 5.39 Å². The number of nitrogens with zero attached hydrogens (tertiary/aromatic N) is 2. The molecule has 0 aliphatic carbocycles. The predicted molar refractivity (Wildman–Crippen MR) is 66.4 cm³/mol. The minimum absolute atomic E-state index is 0.221. The molecule has 4 heteroatoms. The van der Waals surface area contributed by atoms with Crippen LogP contribution in [-0.2, 0) is 0 Å². The summed E-state index contributed by atoms with van der Waals surface area (Å²) in [5.41, 5.74) is 1.15. The number of hydrogen-bond donors (Lipinski definition) is 0. The Kier molecular flexibility index (Phi) is 2.41. The monoisotopic (exact) mass is 238 g/mol. The number of aryl methyl sites for hydroxylation is 1. The summed E-state index contributed by atoms with van der Waals surface area (Å²) in [6.07, 6.45) is 1.48. The van der Waals surface area contributed by atoms with Crippen LogP contribution in [0.25, 0.3) is 10.9 Å². The van der Waals surface area contributed by atoms with Crippen molar-refractivity contribution in [3.63, 3.8) is 0 Å². The summed E-state index contributed by atoms with van der Waals surface area (Å²) in [7, 11) is 0. The molecular formula is C14H10N2O2. The lowest BCUT2D eigenvalue weighted by Crippen LogP contribution is -2.06. The Morgan fingerprint density at radius 3 is 2.72 bits per heavy atom. The van der Waals surface area contributed by atoms with Crippen molar-refractivity contribution in [2.24, 2.45) is 0 Å². The topological polar surface area (TPSA) is 56.0 Å². The second-order valence-corrected chi connectivity index (χ2v) is 3.94. The van der Waals surface area contributed by atoms with Gasteiger partial charge in [-0.2, -0.15) is 0 Å². The number of hydrogen-bond acceptors (Lipinski definition) is 4. The average molecular weight is 238 g/mol. The van der Waals surface area contributed by atoms with Crippen LogP contribution in [0.1, 0.15) is 22.1 Å². The van der Waals surface area contributed by atoms with Gasteiger partial charge in [-0.25, -0.2) is 9.97 Å². The minimum Gasteiger partial charge on any atom is -0.461 e. The highest BCUT2D eigenvalue weighted by Crippen LogP contribution is 2.18. The Bertz CT molecular complexity index is 718. The van der Waals surface area contributed by atoms with E-state index in [1.165, 1.54) is 6.26 Å². The fourth-order valence-electron chi connectivity index (χ4n) is 1.89. The van der Waals surface area contributed by atoms with Crippen LogP contribution in [0, 0.1) is 6.92 Å². The third-order valence-electron chi connectivity index (χ3n) is 2.68. The van der Waals surface area contributed by atoms with Crippen molar-refractivity contribution in [1.82, 2.24) is 9.97 Å². The number of furan rings is 1. The van der Waals surface area contributed by atoms with Gasteiger partial charge in [-0.3, -0.25) is 4.79 Å². The van der Waals surface area contributed by atoms with E-state index in [1.807, 2.05) is 24.3 Å². The summed E-state index contributed by atoms with van der Waals surface area (Å²) < 4.78 is 5.13. The van der Waals surface area contributed by atoms with Crippen LogP contribution in [0.5, 0.6) is 0 Å². The van der Waals surface area contributed by atoms with Crippen molar-refractivity contribution in [1.29, 1.82) is 0 Å². The standard InChI is InChI=1S/C14H10N2O2/c1-9-15-11-6-3-2-5-10(11)13(16-9)14(17)12-7-4-8-18-12/h2-8H,1H3. The maximum absolute atomic E-state index is 12.3. The second-order valence-electron chi connectivity index (χ2n) is 3.94. The zero-order valence-electron chi connectivity index (χ0n) is 9.75. The van der Waals surface area contributed by atoms with E-state index in [0.717, 1.165) is 10.9 Å². The minimum atomic E-state index is -0.221. The van der Waals surface area contributed by atoms with Gasteiger partial charge in [-0.05, 0) is 25.1 Å². The first-order chi connectivity index (χ1) is 8.75. The third-order valence-corrected chi connectivity index (χ3v) is 2.68. The number of carbonyl (C=O) groups excluding carboxylic acids is 1. The molecule has 18 heavy (non-hydrogen) atoms. The third kappa shape index (κ3) is 1.68. The van der Waals surface area contributed by atoms with Crippen LogP contribution in [0.15, 0.2) is 47.1 Å². The molecule has 0 radical (unpaired) electrons. The molecule has 0 unspecified atom stereocenters. The molecule has 0 aliphatic rings. The number of para-hydroxylation sites is 1. The summed E-state index contributed by atoms with van der Waals surface area (Å²) in [6, 6.07) is 10.8.